The minimum atomic E-state index is -0.595. The van der Waals surface area contributed by atoms with Crippen LogP contribution in [-0.4, -0.2) is 19.7 Å². The Bertz CT molecular complexity index is 379. The molecule has 82 valence electrons. The number of rotatable bonds is 3. The lowest BCUT2D eigenvalue weighted by Gasteiger charge is -2.08. The molecule has 0 radical (unpaired) electrons. The number of benzene rings is 1. The zero-order chi connectivity index (χ0) is 11.4. The number of carbonyl (C=O) groups excluding carboxylic acids is 1. The van der Waals surface area contributed by atoms with Gasteiger partial charge in [-0.05, 0) is 18.6 Å². The van der Waals surface area contributed by atoms with Crippen molar-refractivity contribution in [3.63, 3.8) is 0 Å². The number of anilines is 1. The lowest BCUT2D eigenvalue weighted by molar-refractivity contribution is -0.142. The zero-order valence-corrected chi connectivity index (χ0v) is 8.54. The third-order valence-corrected chi connectivity index (χ3v) is 1.89. The van der Waals surface area contributed by atoms with Crippen LogP contribution in [0.3, 0.4) is 0 Å². The van der Waals surface area contributed by atoms with Crippen molar-refractivity contribution >= 4 is 11.7 Å². The lowest BCUT2D eigenvalue weighted by Crippen LogP contribution is -2.13. The van der Waals surface area contributed by atoms with Gasteiger partial charge in [0.2, 0.25) is 0 Å². The molecule has 0 saturated carbocycles. The molecular formula is C10H12FNO3. The molecule has 0 aliphatic rings. The van der Waals surface area contributed by atoms with Crippen molar-refractivity contribution in [2.24, 2.45) is 0 Å². The Morgan fingerprint density at radius 1 is 1.53 bits per heavy atom. The minimum absolute atomic E-state index is 0.00731. The molecule has 1 aromatic rings. The van der Waals surface area contributed by atoms with Crippen molar-refractivity contribution in [3.8, 4) is 5.75 Å². The summed E-state index contributed by atoms with van der Waals surface area (Å²) in [6.07, 6.45) is 0. The van der Waals surface area contributed by atoms with Crippen LogP contribution in [0.2, 0.25) is 0 Å². The van der Waals surface area contributed by atoms with Crippen molar-refractivity contribution in [3.05, 3.63) is 23.5 Å². The van der Waals surface area contributed by atoms with Gasteiger partial charge in [-0.1, -0.05) is 0 Å². The maximum atomic E-state index is 13.2. The first-order chi connectivity index (χ1) is 7.04. The van der Waals surface area contributed by atoms with Gasteiger partial charge in [0.1, 0.15) is 0 Å². The molecule has 15 heavy (non-hydrogen) atoms. The summed E-state index contributed by atoms with van der Waals surface area (Å²) in [5.74, 6) is -1.17. The monoisotopic (exact) mass is 213 g/mol. The van der Waals surface area contributed by atoms with E-state index < -0.39 is 11.8 Å². The summed E-state index contributed by atoms with van der Waals surface area (Å²) in [6.45, 7) is 1.40. The van der Waals surface area contributed by atoms with E-state index >= 15 is 0 Å². The molecule has 0 fully saturated rings. The summed E-state index contributed by atoms with van der Waals surface area (Å²) < 4.78 is 22.5. The summed E-state index contributed by atoms with van der Waals surface area (Å²) in [7, 11) is 1.23. The van der Waals surface area contributed by atoms with Crippen LogP contribution >= 0.6 is 0 Å². The molecule has 0 heterocycles. The molecule has 0 amide bonds. The summed E-state index contributed by atoms with van der Waals surface area (Å²) in [4.78, 5) is 10.8. The van der Waals surface area contributed by atoms with E-state index in [1.54, 1.807) is 6.92 Å². The maximum absolute atomic E-state index is 13.2. The Labute approximate surface area is 86.8 Å². The number of hydrogen-bond acceptors (Lipinski definition) is 4. The Morgan fingerprint density at radius 3 is 2.80 bits per heavy atom. The van der Waals surface area contributed by atoms with Crippen LogP contribution in [0.25, 0.3) is 0 Å². The SMILES string of the molecule is COC(=O)COc1cc(C)c(N)cc1F. The molecular weight excluding hydrogens is 201 g/mol. The second kappa shape index (κ2) is 4.63. The van der Waals surface area contributed by atoms with Gasteiger partial charge >= 0.3 is 5.97 Å². The van der Waals surface area contributed by atoms with E-state index in [4.69, 9.17) is 10.5 Å². The third kappa shape index (κ3) is 2.83. The average Bonchev–Trinajstić information content (AvgIpc) is 2.21. The number of ether oxygens (including phenoxy) is 2. The molecule has 0 aromatic heterocycles. The summed E-state index contributed by atoms with van der Waals surface area (Å²) >= 11 is 0. The van der Waals surface area contributed by atoms with E-state index in [1.807, 2.05) is 0 Å². The van der Waals surface area contributed by atoms with E-state index in [-0.39, 0.29) is 12.4 Å². The van der Waals surface area contributed by atoms with Gasteiger partial charge in [0, 0.05) is 11.8 Å². The second-order valence-corrected chi connectivity index (χ2v) is 3.00. The molecule has 5 heteroatoms. The van der Waals surface area contributed by atoms with Gasteiger partial charge < -0.3 is 15.2 Å². The topological polar surface area (TPSA) is 61.5 Å². The zero-order valence-electron chi connectivity index (χ0n) is 8.54. The molecule has 0 unspecified atom stereocenters. The first-order valence-electron chi connectivity index (χ1n) is 4.30. The standard InChI is InChI=1S/C10H12FNO3/c1-6-3-9(7(11)4-8(6)12)15-5-10(13)14-2/h3-4H,5,12H2,1-2H3. The fourth-order valence-corrected chi connectivity index (χ4v) is 0.977. The average molecular weight is 213 g/mol. The smallest absolute Gasteiger partial charge is 0.343 e. The number of nitrogens with two attached hydrogens (primary N) is 1. The van der Waals surface area contributed by atoms with Crippen LogP contribution in [0.4, 0.5) is 10.1 Å². The highest BCUT2D eigenvalue weighted by Crippen LogP contribution is 2.23. The number of esters is 1. The summed E-state index contributed by atoms with van der Waals surface area (Å²) in [6, 6.07) is 2.59. The lowest BCUT2D eigenvalue weighted by atomic mass is 10.2. The molecule has 4 nitrogen and oxygen atoms in total. The van der Waals surface area contributed by atoms with E-state index in [0.717, 1.165) is 6.07 Å². The normalized spacial score (nSPS) is 9.80. The quantitative estimate of drug-likeness (QED) is 0.606. The molecule has 1 aromatic carbocycles. The summed E-state index contributed by atoms with van der Waals surface area (Å²) in [5.41, 5.74) is 6.52. The van der Waals surface area contributed by atoms with Gasteiger partial charge in [0.05, 0.1) is 7.11 Å². The van der Waals surface area contributed by atoms with Crippen molar-refractivity contribution in [1.29, 1.82) is 0 Å². The highest BCUT2D eigenvalue weighted by Gasteiger charge is 2.08. The molecule has 0 atom stereocenters. The van der Waals surface area contributed by atoms with E-state index in [9.17, 15) is 9.18 Å². The molecule has 0 saturated heterocycles. The number of carbonyl (C=O) groups is 1. The first-order valence-corrected chi connectivity index (χ1v) is 4.30. The molecule has 0 aliphatic carbocycles. The Kier molecular flexibility index (Phi) is 3.49. The first kappa shape index (κ1) is 11.3. The Morgan fingerprint density at radius 2 is 2.20 bits per heavy atom. The molecule has 0 bridgehead atoms. The van der Waals surface area contributed by atoms with Crippen molar-refractivity contribution < 1.29 is 18.7 Å². The van der Waals surface area contributed by atoms with Gasteiger partial charge in [-0.25, -0.2) is 9.18 Å². The van der Waals surface area contributed by atoms with Gasteiger partial charge in [0.25, 0.3) is 0 Å². The van der Waals surface area contributed by atoms with E-state index in [2.05, 4.69) is 4.74 Å². The number of halogens is 1. The van der Waals surface area contributed by atoms with Crippen LogP contribution < -0.4 is 10.5 Å². The van der Waals surface area contributed by atoms with E-state index in [0.29, 0.717) is 11.3 Å². The largest absolute Gasteiger partial charge is 0.479 e. The van der Waals surface area contributed by atoms with Crippen molar-refractivity contribution in [2.45, 2.75) is 6.92 Å². The third-order valence-electron chi connectivity index (χ3n) is 1.89. The highest BCUT2D eigenvalue weighted by molar-refractivity contribution is 5.70. The fourth-order valence-electron chi connectivity index (χ4n) is 0.977. The Hall–Kier alpha value is -1.78. The van der Waals surface area contributed by atoms with Gasteiger partial charge in [-0.15, -0.1) is 0 Å². The second-order valence-electron chi connectivity index (χ2n) is 3.00. The van der Waals surface area contributed by atoms with Crippen molar-refractivity contribution in [1.82, 2.24) is 0 Å². The minimum Gasteiger partial charge on any atom is -0.479 e. The molecule has 2 N–H and O–H groups in total. The van der Waals surface area contributed by atoms with Crippen LogP contribution in [0.5, 0.6) is 5.75 Å². The number of methoxy groups -OCH3 is 1. The molecule has 1 rings (SSSR count). The molecule has 0 aliphatic heterocycles. The van der Waals surface area contributed by atoms with Gasteiger partial charge in [-0.3, -0.25) is 0 Å². The Balaban J connectivity index is 2.77. The highest BCUT2D eigenvalue weighted by atomic mass is 19.1. The van der Waals surface area contributed by atoms with Gasteiger partial charge in [-0.2, -0.15) is 0 Å². The number of hydrogen-bond donors (Lipinski definition) is 1. The number of aryl methyl sites for hydroxylation is 1. The van der Waals surface area contributed by atoms with Crippen LogP contribution in [0.15, 0.2) is 12.1 Å². The van der Waals surface area contributed by atoms with Crippen LogP contribution in [0.1, 0.15) is 5.56 Å². The summed E-state index contributed by atoms with van der Waals surface area (Å²) in [5, 5.41) is 0. The fraction of sp³-hybridized carbons (Fsp3) is 0.300. The molecule has 0 spiro atoms. The number of nitrogen functional groups attached to an aromatic ring is 1. The van der Waals surface area contributed by atoms with Crippen LogP contribution in [0, 0.1) is 12.7 Å². The van der Waals surface area contributed by atoms with Gasteiger partial charge in [0.15, 0.2) is 18.2 Å². The van der Waals surface area contributed by atoms with Crippen molar-refractivity contribution in [2.75, 3.05) is 19.5 Å². The maximum Gasteiger partial charge on any atom is 0.343 e. The van der Waals surface area contributed by atoms with Crippen LogP contribution in [-0.2, 0) is 9.53 Å². The van der Waals surface area contributed by atoms with E-state index in [1.165, 1.54) is 13.2 Å². The predicted molar refractivity (Wildman–Crippen MR) is 53.1 cm³/mol. The predicted octanol–water partition coefficient (Wildman–Crippen LogP) is 1.27.